The Bertz CT molecular complexity index is 762. The summed E-state index contributed by atoms with van der Waals surface area (Å²) in [5, 5.41) is 13.2. The molecule has 3 heterocycles. The standard InChI is InChI=1S/C24H40N2O6/c1-8-23-10-11-24(32-23)16(17(23)21(30)31-9-2)20(29)26(15(13-27)12-14(3)4)18(24)19(28)25-22(5,6)7/h14-18,27H,8-13H2,1-7H3,(H,25,28)/t15-,16+,17+,18?,23-,24?/m1/s1. The molecule has 8 nitrogen and oxygen atoms in total. The van der Waals surface area contributed by atoms with Crippen LogP contribution in [0.3, 0.4) is 0 Å². The Morgan fingerprint density at radius 1 is 1.28 bits per heavy atom. The minimum Gasteiger partial charge on any atom is -0.466 e. The lowest BCUT2D eigenvalue weighted by Gasteiger charge is -2.39. The van der Waals surface area contributed by atoms with Crippen LogP contribution < -0.4 is 5.32 Å². The van der Waals surface area contributed by atoms with Crippen molar-refractivity contribution < 1.29 is 29.0 Å². The van der Waals surface area contributed by atoms with Gasteiger partial charge in [-0.25, -0.2) is 0 Å². The molecule has 1 spiro atoms. The van der Waals surface area contributed by atoms with Crippen LogP contribution in [-0.4, -0.2) is 69.8 Å². The zero-order valence-corrected chi connectivity index (χ0v) is 20.6. The van der Waals surface area contributed by atoms with Crippen molar-refractivity contribution in [1.82, 2.24) is 10.2 Å². The van der Waals surface area contributed by atoms with Crippen LogP contribution in [-0.2, 0) is 23.9 Å². The molecule has 2 bridgehead atoms. The number of nitrogens with one attached hydrogen (secondary N) is 1. The normalized spacial score (nSPS) is 34.7. The summed E-state index contributed by atoms with van der Waals surface area (Å²) in [7, 11) is 0. The maximum absolute atomic E-state index is 14.0. The molecule has 0 aliphatic carbocycles. The maximum Gasteiger partial charge on any atom is 0.312 e. The first-order chi connectivity index (χ1) is 14.9. The van der Waals surface area contributed by atoms with Crippen molar-refractivity contribution in [1.29, 1.82) is 0 Å². The third-order valence-electron chi connectivity index (χ3n) is 7.25. The van der Waals surface area contributed by atoms with E-state index in [1.165, 1.54) is 4.90 Å². The van der Waals surface area contributed by atoms with Crippen molar-refractivity contribution in [3.63, 3.8) is 0 Å². The molecule has 8 heteroatoms. The minimum atomic E-state index is -1.09. The van der Waals surface area contributed by atoms with E-state index in [0.717, 1.165) is 0 Å². The Kier molecular flexibility index (Phi) is 6.71. The van der Waals surface area contributed by atoms with E-state index in [0.29, 0.717) is 25.7 Å². The van der Waals surface area contributed by atoms with Gasteiger partial charge in [0.15, 0.2) is 0 Å². The number of esters is 1. The molecule has 0 aromatic heterocycles. The van der Waals surface area contributed by atoms with Gasteiger partial charge in [-0.3, -0.25) is 14.4 Å². The largest absolute Gasteiger partial charge is 0.466 e. The molecule has 2 N–H and O–H groups in total. The molecule has 32 heavy (non-hydrogen) atoms. The summed E-state index contributed by atoms with van der Waals surface area (Å²) in [6.45, 7) is 13.4. The summed E-state index contributed by atoms with van der Waals surface area (Å²) in [5.74, 6) is -2.34. The van der Waals surface area contributed by atoms with Crippen molar-refractivity contribution in [2.45, 2.75) is 103 Å². The van der Waals surface area contributed by atoms with E-state index in [9.17, 15) is 19.5 Å². The van der Waals surface area contributed by atoms with E-state index in [1.54, 1.807) is 6.92 Å². The van der Waals surface area contributed by atoms with Crippen LogP contribution in [0.2, 0.25) is 0 Å². The molecule has 182 valence electrons. The van der Waals surface area contributed by atoms with E-state index < -0.39 is 46.6 Å². The Hall–Kier alpha value is -1.67. The number of aliphatic hydroxyl groups is 1. The van der Waals surface area contributed by atoms with Crippen molar-refractivity contribution in [3.05, 3.63) is 0 Å². The van der Waals surface area contributed by atoms with Crippen LogP contribution in [0.5, 0.6) is 0 Å². The van der Waals surface area contributed by atoms with Crippen molar-refractivity contribution in [2.75, 3.05) is 13.2 Å². The van der Waals surface area contributed by atoms with Crippen LogP contribution in [0.4, 0.5) is 0 Å². The number of rotatable bonds is 8. The summed E-state index contributed by atoms with van der Waals surface area (Å²) in [6, 6.07) is -1.43. The van der Waals surface area contributed by atoms with E-state index in [1.807, 2.05) is 41.5 Å². The topological polar surface area (TPSA) is 105 Å². The van der Waals surface area contributed by atoms with Gasteiger partial charge in [0.1, 0.15) is 17.6 Å². The zero-order chi connectivity index (χ0) is 24.1. The lowest BCUT2D eigenvalue weighted by atomic mass is 9.65. The summed E-state index contributed by atoms with van der Waals surface area (Å²) in [4.78, 5) is 42.2. The molecule has 2 amide bonds. The van der Waals surface area contributed by atoms with Crippen molar-refractivity contribution in [2.24, 2.45) is 17.8 Å². The second-order valence-corrected chi connectivity index (χ2v) is 11.0. The van der Waals surface area contributed by atoms with Gasteiger partial charge < -0.3 is 24.8 Å². The third kappa shape index (κ3) is 3.83. The number of fused-ring (bicyclic) bond motifs is 1. The number of carbonyl (C=O) groups excluding carboxylic acids is 3. The fraction of sp³-hybridized carbons (Fsp3) is 0.875. The average Bonchev–Trinajstić information content (AvgIpc) is 3.28. The van der Waals surface area contributed by atoms with Crippen LogP contribution in [0, 0.1) is 17.8 Å². The van der Waals surface area contributed by atoms with E-state index in [2.05, 4.69) is 5.32 Å². The molecule has 3 aliphatic rings. The van der Waals surface area contributed by atoms with Gasteiger partial charge >= 0.3 is 5.97 Å². The number of aliphatic hydroxyl groups excluding tert-OH is 1. The molecule has 0 radical (unpaired) electrons. The van der Waals surface area contributed by atoms with Gasteiger partial charge in [0.2, 0.25) is 11.8 Å². The minimum absolute atomic E-state index is 0.212. The Balaban J connectivity index is 2.13. The number of nitrogens with zero attached hydrogens (tertiary/aromatic N) is 1. The first-order valence-electron chi connectivity index (χ1n) is 12.0. The molecular formula is C24H40N2O6. The van der Waals surface area contributed by atoms with Gasteiger partial charge in [-0.1, -0.05) is 20.8 Å². The smallest absolute Gasteiger partial charge is 0.312 e. The molecule has 0 saturated carbocycles. The van der Waals surface area contributed by atoms with Crippen LogP contribution >= 0.6 is 0 Å². The highest BCUT2D eigenvalue weighted by Gasteiger charge is 2.79. The summed E-state index contributed by atoms with van der Waals surface area (Å²) in [6.07, 6.45) is 2.22. The third-order valence-corrected chi connectivity index (χ3v) is 7.25. The molecule has 3 saturated heterocycles. The molecule has 2 unspecified atom stereocenters. The number of carbonyl (C=O) groups is 3. The highest BCUT2D eigenvalue weighted by atomic mass is 16.6. The van der Waals surface area contributed by atoms with E-state index in [4.69, 9.17) is 9.47 Å². The number of ether oxygens (including phenoxy) is 2. The van der Waals surface area contributed by atoms with Crippen LogP contribution in [0.1, 0.15) is 74.1 Å². The van der Waals surface area contributed by atoms with Gasteiger partial charge in [-0.05, 0) is 59.3 Å². The molecule has 6 atom stereocenters. The number of amides is 2. The summed E-state index contributed by atoms with van der Waals surface area (Å²) >= 11 is 0. The van der Waals surface area contributed by atoms with E-state index >= 15 is 0 Å². The predicted molar refractivity (Wildman–Crippen MR) is 119 cm³/mol. The molecule has 3 aliphatic heterocycles. The fourth-order valence-electron chi connectivity index (χ4n) is 6.20. The number of hydrogen-bond acceptors (Lipinski definition) is 6. The molecule has 0 aromatic carbocycles. The second kappa shape index (κ2) is 8.60. The van der Waals surface area contributed by atoms with Gasteiger partial charge in [0, 0.05) is 5.54 Å². The Morgan fingerprint density at radius 2 is 1.94 bits per heavy atom. The first kappa shape index (κ1) is 25.0. The Labute approximate surface area is 191 Å². The molecule has 3 rings (SSSR count). The van der Waals surface area contributed by atoms with Gasteiger partial charge in [-0.2, -0.15) is 0 Å². The van der Waals surface area contributed by atoms with E-state index in [-0.39, 0.29) is 30.9 Å². The highest BCUT2D eigenvalue weighted by molar-refractivity contribution is 5.98. The summed E-state index contributed by atoms with van der Waals surface area (Å²) < 4.78 is 12.0. The molecule has 3 fully saturated rings. The predicted octanol–water partition coefficient (Wildman–Crippen LogP) is 2.03. The van der Waals surface area contributed by atoms with Gasteiger partial charge in [0.05, 0.1) is 30.8 Å². The second-order valence-electron chi connectivity index (χ2n) is 11.0. The van der Waals surface area contributed by atoms with Crippen molar-refractivity contribution in [3.8, 4) is 0 Å². The average molecular weight is 453 g/mol. The fourth-order valence-corrected chi connectivity index (χ4v) is 6.20. The van der Waals surface area contributed by atoms with Gasteiger partial charge in [-0.15, -0.1) is 0 Å². The van der Waals surface area contributed by atoms with Crippen molar-refractivity contribution >= 4 is 17.8 Å². The lowest BCUT2D eigenvalue weighted by molar-refractivity contribution is -0.162. The van der Waals surface area contributed by atoms with Crippen LogP contribution in [0.25, 0.3) is 0 Å². The quantitative estimate of drug-likeness (QED) is 0.546. The zero-order valence-electron chi connectivity index (χ0n) is 20.6. The SMILES string of the molecule is CCOC(=O)[C@@H]1[C@H]2C(=O)N([C@@H](CO)CC(C)C)C(C(=O)NC(C)(C)C)C23CC[C@@]1(CC)O3. The number of likely N-dealkylation sites (tertiary alicyclic amines) is 1. The lowest BCUT2D eigenvalue weighted by Crippen LogP contribution is -2.60. The molecular weight excluding hydrogens is 412 g/mol. The van der Waals surface area contributed by atoms with Gasteiger partial charge in [0.25, 0.3) is 0 Å². The summed E-state index contributed by atoms with van der Waals surface area (Å²) in [5.41, 5.74) is -2.40. The highest BCUT2D eigenvalue weighted by Crippen LogP contribution is 2.64. The number of hydrogen-bond donors (Lipinski definition) is 2. The maximum atomic E-state index is 14.0. The first-order valence-corrected chi connectivity index (χ1v) is 12.0. The monoisotopic (exact) mass is 452 g/mol. The van der Waals surface area contributed by atoms with Crippen LogP contribution in [0.15, 0.2) is 0 Å². The Morgan fingerprint density at radius 3 is 2.44 bits per heavy atom. The molecule has 0 aromatic rings.